The summed E-state index contributed by atoms with van der Waals surface area (Å²) in [6.07, 6.45) is 5.64. The number of nitrogens with zero attached hydrogens (tertiary/aromatic N) is 1. The molecule has 0 spiro atoms. The number of carbonyl (C=O) groups excluding carboxylic acids is 1. The van der Waals surface area contributed by atoms with Gasteiger partial charge in [-0.05, 0) is 24.5 Å². The molecule has 3 heteroatoms. The minimum Gasteiger partial charge on any atom is -0.323 e. The molecule has 2 aromatic heterocycles. The van der Waals surface area contributed by atoms with Gasteiger partial charge in [0, 0.05) is 12.4 Å². The molecule has 0 saturated heterocycles. The van der Waals surface area contributed by atoms with Crippen LogP contribution in [0.4, 0.5) is 0 Å². The molecule has 0 N–H and O–H groups in total. The lowest BCUT2D eigenvalue weighted by atomic mass is 10.3. The fourth-order valence-electron chi connectivity index (χ4n) is 1.34. The van der Waals surface area contributed by atoms with E-state index in [1.54, 1.807) is 6.26 Å². The number of rotatable bonds is 1. The van der Waals surface area contributed by atoms with Gasteiger partial charge in [0.1, 0.15) is 0 Å². The van der Waals surface area contributed by atoms with Crippen LogP contribution in [-0.2, 0) is 0 Å². The van der Waals surface area contributed by atoms with Gasteiger partial charge in [-0.15, -0.1) is 0 Å². The Morgan fingerprint density at radius 3 is 2.92 bits per heavy atom. The Balaban J connectivity index is 2.64. The third-order valence-corrected chi connectivity index (χ3v) is 2.56. The Bertz CT molecular complexity index is 447. The van der Waals surface area contributed by atoms with E-state index in [1.807, 2.05) is 41.1 Å². The third kappa shape index (κ3) is 1.35. The molecule has 0 fully saturated rings. The van der Waals surface area contributed by atoms with Crippen LogP contribution in [0.3, 0.4) is 0 Å². The van der Waals surface area contributed by atoms with Gasteiger partial charge in [-0.3, -0.25) is 4.79 Å². The van der Waals surface area contributed by atoms with Gasteiger partial charge < -0.3 is 4.40 Å². The van der Waals surface area contributed by atoms with Crippen molar-refractivity contribution < 1.29 is 4.79 Å². The van der Waals surface area contributed by atoms with Gasteiger partial charge in [0.2, 0.25) is 5.12 Å². The highest BCUT2D eigenvalue weighted by Gasteiger charge is 2.08. The fourth-order valence-corrected chi connectivity index (χ4v) is 1.73. The van der Waals surface area contributed by atoms with Crippen LogP contribution in [0.2, 0.25) is 0 Å². The molecule has 0 aliphatic rings. The van der Waals surface area contributed by atoms with Gasteiger partial charge in [-0.2, -0.15) is 0 Å². The summed E-state index contributed by atoms with van der Waals surface area (Å²) in [5.41, 5.74) is 1.76. The molecule has 2 nitrogen and oxygen atoms in total. The number of hydrogen-bond donors (Lipinski definition) is 0. The van der Waals surface area contributed by atoms with E-state index >= 15 is 0 Å². The zero-order chi connectivity index (χ0) is 9.26. The lowest BCUT2D eigenvalue weighted by molar-refractivity contribution is 0.109. The number of carbonyl (C=O) groups is 1. The maximum Gasteiger partial charge on any atom is 0.221 e. The predicted molar refractivity (Wildman–Crippen MR) is 55.2 cm³/mol. The summed E-state index contributed by atoms with van der Waals surface area (Å²) in [4.78, 5) is 11.4. The molecule has 2 aromatic rings. The highest BCUT2D eigenvalue weighted by atomic mass is 32.2. The first-order chi connectivity index (χ1) is 6.33. The van der Waals surface area contributed by atoms with Crippen LogP contribution in [0.15, 0.2) is 36.7 Å². The van der Waals surface area contributed by atoms with Gasteiger partial charge in [0.25, 0.3) is 0 Å². The second-order valence-electron chi connectivity index (χ2n) is 2.71. The number of thioether (sulfide) groups is 1. The molecule has 13 heavy (non-hydrogen) atoms. The Kier molecular flexibility index (Phi) is 2.10. The Morgan fingerprint density at radius 1 is 1.31 bits per heavy atom. The minimum absolute atomic E-state index is 0.119. The topological polar surface area (TPSA) is 21.5 Å². The molecule has 2 rings (SSSR count). The van der Waals surface area contributed by atoms with E-state index in [4.69, 9.17) is 0 Å². The Morgan fingerprint density at radius 2 is 2.15 bits per heavy atom. The summed E-state index contributed by atoms with van der Waals surface area (Å²) in [5, 5.41) is 0.119. The van der Waals surface area contributed by atoms with Gasteiger partial charge in [0.15, 0.2) is 0 Å². The fraction of sp³-hybridized carbons (Fsp3) is 0.100. The van der Waals surface area contributed by atoms with Crippen molar-refractivity contribution in [3.8, 4) is 0 Å². The average Bonchev–Trinajstić information content (AvgIpc) is 2.60. The second-order valence-corrected chi connectivity index (χ2v) is 3.49. The van der Waals surface area contributed by atoms with E-state index in [-0.39, 0.29) is 5.12 Å². The van der Waals surface area contributed by atoms with Crippen molar-refractivity contribution in [2.75, 3.05) is 6.26 Å². The van der Waals surface area contributed by atoms with Crippen LogP contribution in [-0.4, -0.2) is 15.8 Å². The van der Waals surface area contributed by atoms with Crippen LogP contribution in [0.25, 0.3) is 5.52 Å². The molecule has 0 amide bonds. The number of aromatic nitrogens is 1. The van der Waals surface area contributed by atoms with Crippen LogP contribution in [0.1, 0.15) is 10.4 Å². The second kappa shape index (κ2) is 3.26. The Labute approximate surface area is 80.6 Å². The molecule has 0 unspecified atom stereocenters. The standard InChI is InChI=1S/C10H9NOS/c1-13-10(12)8-5-7-11-6-3-2-4-9(8)11/h2-7H,1H3. The van der Waals surface area contributed by atoms with Crippen molar-refractivity contribution in [1.82, 2.24) is 4.40 Å². The summed E-state index contributed by atoms with van der Waals surface area (Å²) in [7, 11) is 0. The molecule has 0 bridgehead atoms. The largest absolute Gasteiger partial charge is 0.323 e. The van der Waals surface area contributed by atoms with Crippen molar-refractivity contribution in [3.05, 3.63) is 42.2 Å². The monoisotopic (exact) mass is 191 g/mol. The highest BCUT2D eigenvalue weighted by Crippen LogP contribution is 2.16. The number of pyridine rings is 1. The van der Waals surface area contributed by atoms with Crippen molar-refractivity contribution >= 4 is 22.4 Å². The summed E-state index contributed by atoms with van der Waals surface area (Å²) >= 11 is 1.25. The summed E-state index contributed by atoms with van der Waals surface area (Å²) in [5.74, 6) is 0. The van der Waals surface area contributed by atoms with Gasteiger partial charge in [-0.1, -0.05) is 17.8 Å². The van der Waals surface area contributed by atoms with Crippen LogP contribution in [0.5, 0.6) is 0 Å². The highest BCUT2D eigenvalue weighted by molar-refractivity contribution is 8.13. The van der Waals surface area contributed by atoms with Crippen molar-refractivity contribution in [2.24, 2.45) is 0 Å². The lowest BCUT2D eigenvalue weighted by Gasteiger charge is -1.95. The molecule has 0 aliphatic heterocycles. The quantitative estimate of drug-likeness (QED) is 0.690. The lowest BCUT2D eigenvalue weighted by Crippen LogP contribution is -1.90. The van der Waals surface area contributed by atoms with E-state index in [0.29, 0.717) is 0 Å². The first-order valence-electron chi connectivity index (χ1n) is 3.97. The summed E-state index contributed by atoms with van der Waals surface area (Å²) in [6, 6.07) is 7.68. The zero-order valence-electron chi connectivity index (χ0n) is 7.23. The van der Waals surface area contributed by atoms with E-state index in [2.05, 4.69) is 0 Å². The molecule has 0 radical (unpaired) electrons. The van der Waals surface area contributed by atoms with Crippen molar-refractivity contribution in [1.29, 1.82) is 0 Å². The minimum atomic E-state index is 0.119. The SMILES string of the molecule is CSC(=O)c1ccn2ccccc12. The van der Waals surface area contributed by atoms with Crippen LogP contribution >= 0.6 is 11.8 Å². The van der Waals surface area contributed by atoms with Crippen LogP contribution < -0.4 is 0 Å². The summed E-state index contributed by atoms with van der Waals surface area (Å²) in [6.45, 7) is 0. The van der Waals surface area contributed by atoms with Crippen molar-refractivity contribution in [3.63, 3.8) is 0 Å². The molecule has 0 aromatic carbocycles. The normalized spacial score (nSPS) is 10.5. The molecule has 2 heterocycles. The maximum absolute atomic E-state index is 11.4. The van der Waals surface area contributed by atoms with E-state index in [1.165, 1.54) is 11.8 Å². The van der Waals surface area contributed by atoms with Gasteiger partial charge in [0.05, 0.1) is 11.1 Å². The third-order valence-electron chi connectivity index (χ3n) is 1.97. The van der Waals surface area contributed by atoms with Gasteiger partial charge >= 0.3 is 0 Å². The number of hydrogen-bond acceptors (Lipinski definition) is 2. The first-order valence-corrected chi connectivity index (χ1v) is 5.19. The first kappa shape index (κ1) is 8.38. The predicted octanol–water partition coefficient (Wildman–Crippen LogP) is 2.44. The molecule has 0 aliphatic carbocycles. The smallest absolute Gasteiger partial charge is 0.221 e. The van der Waals surface area contributed by atoms with E-state index in [0.717, 1.165) is 11.1 Å². The number of fused-ring (bicyclic) bond motifs is 1. The molecule has 66 valence electrons. The van der Waals surface area contributed by atoms with E-state index in [9.17, 15) is 4.79 Å². The maximum atomic E-state index is 11.4. The van der Waals surface area contributed by atoms with Gasteiger partial charge in [-0.25, -0.2) is 0 Å². The zero-order valence-corrected chi connectivity index (χ0v) is 8.04. The molecule has 0 atom stereocenters. The average molecular weight is 191 g/mol. The summed E-state index contributed by atoms with van der Waals surface area (Å²) < 4.78 is 1.95. The molecule has 0 saturated carbocycles. The Hall–Kier alpha value is -1.22. The molecular formula is C10H9NOS. The van der Waals surface area contributed by atoms with E-state index < -0.39 is 0 Å². The molecular weight excluding hydrogens is 182 g/mol. The van der Waals surface area contributed by atoms with Crippen LogP contribution in [0, 0.1) is 0 Å². The van der Waals surface area contributed by atoms with Crippen molar-refractivity contribution in [2.45, 2.75) is 0 Å².